The van der Waals surface area contributed by atoms with Gasteiger partial charge in [-0.3, -0.25) is 0 Å². The molecule has 2 aromatic carbocycles. The van der Waals surface area contributed by atoms with Crippen LogP contribution in [0.1, 0.15) is 25.0 Å². The Kier molecular flexibility index (Phi) is 6.96. The van der Waals surface area contributed by atoms with Gasteiger partial charge in [-0.05, 0) is 49.2 Å². The lowest BCUT2D eigenvalue weighted by Crippen LogP contribution is -2.31. The van der Waals surface area contributed by atoms with E-state index in [1.165, 1.54) is 24.3 Å². The summed E-state index contributed by atoms with van der Waals surface area (Å²) in [6.45, 7) is 4.03. The van der Waals surface area contributed by atoms with Gasteiger partial charge in [0, 0.05) is 24.8 Å². The average molecular weight is 431 g/mol. The maximum Gasteiger partial charge on any atom is 0.226 e. The fourth-order valence-electron chi connectivity index (χ4n) is 2.66. The largest absolute Gasteiger partial charge is 0.439 e. The van der Waals surface area contributed by atoms with Gasteiger partial charge in [0.05, 0.1) is 5.75 Å². The molecule has 158 valence electrons. The van der Waals surface area contributed by atoms with Gasteiger partial charge in [0.15, 0.2) is 0 Å². The fourth-order valence-corrected chi connectivity index (χ4v) is 4.10. The first-order chi connectivity index (χ1) is 14.3. The Bertz CT molecular complexity index is 1070. The Morgan fingerprint density at radius 3 is 2.33 bits per heavy atom. The number of halogens is 1. The van der Waals surface area contributed by atoms with E-state index in [-0.39, 0.29) is 17.6 Å². The molecule has 0 unspecified atom stereocenters. The molecule has 3 aromatic rings. The maximum atomic E-state index is 13.0. The van der Waals surface area contributed by atoms with E-state index in [2.05, 4.69) is 20.0 Å². The lowest BCUT2D eigenvalue weighted by molar-refractivity contribution is 0.460. The number of hydrogen-bond donors (Lipinski definition) is 2. The van der Waals surface area contributed by atoms with E-state index in [0.717, 1.165) is 5.56 Å². The van der Waals surface area contributed by atoms with E-state index in [9.17, 15) is 12.8 Å². The van der Waals surface area contributed by atoms with Crippen molar-refractivity contribution in [3.63, 3.8) is 0 Å². The topological polar surface area (TPSA) is 93.2 Å². The van der Waals surface area contributed by atoms with Crippen LogP contribution in [0.2, 0.25) is 0 Å². The van der Waals surface area contributed by atoms with E-state index in [4.69, 9.17) is 4.74 Å². The molecule has 0 amide bonds. The summed E-state index contributed by atoms with van der Waals surface area (Å²) in [5.41, 5.74) is 1.65. The molecule has 0 radical (unpaired) electrons. The van der Waals surface area contributed by atoms with Crippen molar-refractivity contribution in [3.05, 3.63) is 77.7 Å². The minimum atomic E-state index is -3.36. The number of aromatic nitrogens is 2. The van der Waals surface area contributed by atoms with Gasteiger partial charge in [0.1, 0.15) is 11.6 Å². The summed E-state index contributed by atoms with van der Waals surface area (Å²) in [4.78, 5) is 8.43. The Morgan fingerprint density at radius 1 is 1.00 bits per heavy atom. The summed E-state index contributed by atoms with van der Waals surface area (Å²) in [5, 5.41) is 3.10. The molecule has 0 atom stereocenters. The van der Waals surface area contributed by atoms with Crippen molar-refractivity contribution in [2.45, 2.75) is 32.2 Å². The monoisotopic (exact) mass is 430 g/mol. The van der Waals surface area contributed by atoms with E-state index in [1.54, 1.807) is 38.2 Å². The molecule has 0 fully saturated rings. The summed E-state index contributed by atoms with van der Waals surface area (Å²) in [6.07, 6.45) is 1.56. The van der Waals surface area contributed by atoms with Gasteiger partial charge < -0.3 is 10.1 Å². The standard InChI is InChI=1S/C21H23FN4O3S/c1-15(2)26-30(27,28)14-17-5-3-16(4-6-17)13-24-21-23-12-11-20(25-21)29-19-9-7-18(22)8-10-19/h3-12,15,26H,13-14H2,1-2H3,(H,23,24,25). The maximum absolute atomic E-state index is 13.0. The van der Waals surface area contributed by atoms with Crippen LogP contribution in [0.25, 0.3) is 0 Å². The van der Waals surface area contributed by atoms with Crippen molar-refractivity contribution in [1.82, 2.24) is 14.7 Å². The molecule has 7 nitrogen and oxygen atoms in total. The van der Waals surface area contributed by atoms with Crippen molar-refractivity contribution in [1.29, 1.82) is 0 Å². The number of sulfonamides is 1. The molecule has 0 saturated heterocycles. The molecule has 9 heteroatoms. The van der Waals surface area contributed by atoms with Gasteiger partial charge in [-0.15, -0.1) is 0 Å². The summed E-state index contributed by atoms with van der Waals surface area (Å²) in [6, 6.07) is 14.4. The molecule has 30 heavy (non-hydrogen) atoms. The van der Waals surface area contributed by atoms with Crippen LogP contribution in [0.15, 0.2) is 60.8 Å². The Morgan fingerprint density at radius 2 is 1.67 bits per heavy atom. The highest BCUT2D eigenvalue weighted by molar-refractivity contribution is 7.88. The average Bonchev–Trinajstić information content (AvgIpc) is 2.68. The SMILES string of the molecule is CC(C)NS(=O)(=O)Cc1ccc(CNc2nccc(Oc3ccc(F)cc3)n2)cc1. The molecular formula is C21H23FN4O3S. The highest BCUT2D eigenvalue weighted by Crippen LogP contribution is 2.20. The van der Waals surface area contributed by atoms with Gasteiger partial charge in [0.25, 0.3) is 0 Å². The number of nitrogens with zero attached hydrogens (tertiary/aromatic N) is 2. The lowest BCUT2D eigenvalue weighted by Gasteiger charge is -2.10. The fraction of sp³-hybridized carbons (Fsp3) is 0.238. The molecule has 0 aliphatic heterocycles. The molecule has 1 aromatic heterocycles. The van der Waals surface area contributed by atoms with Gasteiger partial charge >= 0.3 is 0 Å². The van der Waals surface area contributed by atoms with Crippen LogP contribution in [0.4, 0.5) is 10.3 Å². The van der Waals surface area contributed by atoms with Gasteiger partial charge in [-0.2, -0.15) is 4.98 Å². The Labute approximate surface area is 175 Å². The van der Waals surface area contributed by atoms with E-state index >= 15 is 0 Å². The summed E-state index contributed by atoms with van der Waals surface area (Å²) >= 11 is 0. The molecule has 1 heterocycles. The molecule has 0 bridgehead atoms. The first-order valence-corrected chi connectivity index (χ1v) is 11.0. The molecule has 2 N–H and O–H groups in total. The third kappa shape index (κ3) is 6.78. The smallest absolute Gasteiger partial charge is 0.226 e. The lowest BCUT2D eigenvalue weighted by atomic mass is 10.1. The molecule has 3 rings (SSSR count). The van der Waals surface area contributed by atoms with Crippen LogP contribution in [0.5, 0.6) is 11.6 Å². The Hall–Kier alpha value is -3.04. The highest BCUT2D eigenvalue weighted by Gasteiger charge is 2.12. The minimum Gasteiger partial charge on any atom is -0.439 e. The Balaban J connectivity index is 1.57. The van der Waals surface area contributed by atoms with Crippen LogP contribution >= 0.6 is 0 Å². The van der Waals surface area contributed by atoms with Crippen molar-refractivity contribution >= 4 is 16.0 Å². The van der Waals surface area contributed by atoms with Crippen LogP contribution in [-0.2, 0) is 22.3 Å². The second-order valence-corrected chi connectivity index (χ2v) is 8.73. The molecule has 0 aliphatic carbocycles. The van der Waals surface area contributed by atoms with Crippen molar-refractivity contribution < 1.29 is 17.5 Å². The second kappa shape index (κ2) is 9.64. The van der Waals surface area contributed by atoms with Crippen LogP contribution < -0.4 is 14.8 Å². The summed E-state index contributed by atoms with van der Waals surface area (Å²) < 4.78 is 45.2. The van der Waals surface area contributed by atoms with Gasteiger partial charge in [-0.1, -0.05) is 24.3 Å². The third-order valence-electron chi connectivity index (χ3n) is 3.91. The first kappa shape index (κ1) is 21.7. The third-order valence-corrected chi connectivity index (χ3v) is 5.46. The van der Waals surface area contributed by atoms with Crippen molar-refractivity contribution in [2.75, 3.05) is 5.32 Å². The molecular weight excluding hydrogens is 407 g/mol. The zero-order chi connectivity index (χ0) is 21.6. The van der Waals surface area contributed by atoms with Crippen molar-refractivity contribution in [2.24, 2.45) is 0 Å². The predicted molar refractivity (Wildman–Crippen MR) is 113 cm³/mol. The van der Waals surface area contributed by atoms with Crippen molar-refractivity contribution in [3.8, 4) is 11.6 Å². The number of nitrogens with one attached hydrogen (secondary N) is 2. The van der Waals surface area contributed by atoms with E-state index in [1.807, 2.05) is 12.1 Å². The summed E-state index contributed by atoms with van der Waals surface area (Å²) in [7, 11) is -3.36. The first-order valence-electron chi connectivity index (χ1n) is 9.37. The minimum absolute atomic E-state index is 0.0647. The zero-order valence-electron chi connectivity index (χ0n) is 16.7. The van der Waals surface area contributed by atoms with E-state index < -0.39 is 10.0 Å². The molecule has 0 saturated carbocycles. The number of rotatable bonds is 9. The zero-order valence-corrected chi connectivity index (χ0v) is 17.5. The number of ether oxygens (including phenoxy) is 1. The summed E-state index contributed by atoms with van der Waals surface area (Å²) in [5.74, 6) is 0.774. The number of hydrogen-bond acceptors (Lipinski definition) is 6. The van der Waals surface area contributed by atoms with Crippen LogP contribution in [0, 0.1) is 5.82 Å². The predicted octanol–water partition coefficient (Wildman–Crippen LogP) is 3.85. The van der Waals surface area contributed by atoms with E-state index in [0.29, 0.717) is 29.7 Å². The highest BCUT2D eigenvalue weighted by atomic mass is 32.2. The molecule has 0 aliphatic rings. The normalized spacial score (nSPS) is 11.5. The quantitative estimate of drug-likeness (QED) is 0.536. The molecule has 0 spiro atoms. The number of anilines is 1. The second-order valence-electron chi connectivity index (χ2n) is 6.98. The van der Waals surface area contributed by atoms with Crippen LogP contribution in [0.3, 0.4) is 0 Å². The van der Waals surface area contributed by atoms with Gasteiger partial charge in [-0.25, -0.2) is 22.5 Å². The van der Waals surface area contributed by atoms with Crippen LogP contribution in [-0.4, -0.2) is 24.4 Å². The van der Waals surface area contributed by atoms with Gasteiger partial charge in [0.2, 0.25) is 21.9 Å². The number of benzene rings is 2.